The molecule has 1 aromatic rings. The van der Waals surface area contributed by atoms with E-state index in [0.717, 1.165) is 0 Å². The molecule has 6 nitrogen and oxygen atoms in total. The highest BCUT2D eigenvalue weighted by molar-refractivity contribution is 6.48. The van der Waals surface area contributed by atoms with E-state index in [4.69, 9.17) is 13.9 Å². The lowest BCUT2D eigenvalue weighted by molar-refractivity contribution is -0.0877. The number of carbonyl (C=O) groups excluding carboxylic acids is 2. The Labute approximate surface area is 182 Å². The summed E-state index contributed by atoms with van der Waals surface area (Å²) >= 11 is 0. The molecule has 0 saturated carbocycles. The molecule has 2 rings (SSSR count). The third-order valence-electron chi connectivity index (χ3n) is 5.44. The van der Waals surface area contributed by atoms with Crippen LogP contribution in [0.25, 0.3) is 0 Å². The lowest BCUT2D eigenvalue weighted by Crippen LogP contribution is -2.65. The van der Waals surface area contributed by atoms with Crippen LogP contribution in [0.2, 0.25) is 13.1 Å². The molecule has 0 unspecified atom stereocenters. The molecule has 1 saturated heterocycles. The number of hydrogen-bond donors (Lipinski definition) is 0. The van der Waals surface area contributed by atoms with Gasteiger partial charge in [0.15, 0.2) is 9.04 Å². The number of nitrogens with zero attached hydrogens (tertiary/aromatic N) is 1. The molecule has 2 atom stereocenters. The second kappa shape index (κ2) is 9.10. The lowest BCUT2D eigenvalue weighted by atomic mass is 9.70. The zero-order chi connectivity index (χ0) is 22.7. The molecule has 0 bridgehead atoms. The summed E-state index contributed by atoms with van der Waals surface area (Å²) in [7, 11) is -1.39. The van der Waals surface area contributed by atoms with E-state index in [9.17, 15) is 9.59 Å². The van der Waals surface area contributed by atoms with Gasteiger partial charge in [0.2, 0.25) is 0 Å². The average Bonchev–Trinajstić information content (AvgIpc) is 2.98. The fraction of sp³-hybridized carbons (Fsp3) is 0.652. The molecule has 168 valence electrons. The van der Waals surface area contributed by atoms with Crippen LogP contribution in [0, 0.1) is 5.41 Å². The molecule has 1 aliphatic heterocycles. The van der Waals surface area contributed by atoms with Crippen molar-refractivity contribution in [3.63, 3.8) is 0 Å². The maximum Gasteiger partial charge on any atom is 0.410 e. The van der Waals surface area contributed by atoms with E-state index in [1.165, 1.54) is 0 Å². The smallest absolute Gasteiger partial charge is 0.410 e. The standard InChI is InChI=1S/C23H37NO5Si/c1-21(2,3)23(16-27-30(7)8)18(28-19(25)17-12-10-9-11-13-17)14-15-24(23)20(26)29-22(4,5)6/h9-13,18,30H,14-16H2,1-8H3/t18-,23+/m0/s1. The normalized spacial score (nSPS) is 22.3. The number of esters is 1. The minimum absolute atomic E-state index is 0.312. The van der Waals surface area contributed by atoms with Crippen LogP contribution >= 0.6 is 0 Å². The van der Waals surface area contributed by atoms with E-state index in [1.807, 2.05) is 39.0 Å². The zero-order valence-corrected chi connectivity index (χ0v) is 20.8. The van der Waals surface area contributed by atoms with Gasteiger partial charge in [0.25, 0.3) is 0 Å². The van der Waals surface area contributed by atoms with Gasteiger partial charge in [0.1, 0.15) is 17.2 Å². The molecule has 0 aliphatic carbocycles. The van der Waals surface area contributed by atoms with Crippen molar-refractivity contribution >= 4 is 21.1 Å². The van der Waals surface area contributed by atoms with Crippen molar-refractivity contribution in [3.05, 3.63) is 35.9 Å². The molecule has 30 heavy (non-hydrogen) atoms. The fourth-order valence-electron chi connectivity index (χ4n) is 3.93. The van der Waals surface area contributed by atoms with Gasteiger partial charge in [-0.2, -0.15) is 0 Å². The molecule has 0 spiro atoms. The first-order valence-electron chi connectivity index (χ1n) is 10.7. The van der Waals surface area contributed by atoms with E-state index in [1.54, 1.807) is 17.0 Å². The highest BCUT2D eigenvalue weighted by atomic mass is 28.3. The summed E-state index contributed by atoms with van der Waals surface area (Å²) < 4.78 is 17.9. The van der Waals surface area contributed by atoms with Crippen molar-refractivity contribution in [3.8, 4) is 0 Å². The predicted molar refractivity (Wildman–Crippen MR) is 120 cm³/mol. The predicted octanol–water partition coefficient (Wildman–Crippen LogP) is 4.64. The summed E-state index contributed by atoms with van der Waals surface area (Å²) in [6, 6.07) is 8.95. The van der Waals surface area contributed by atoms with Crippen molar-refractivity contribution in [2.75, 3.05) is 13.2 Å². The summed E-state index contributed by atoms with van der Waals surface area (Å²) in [6.45, 7) is 16.7. The van der Waals surface area contributed by atoms with Gasteiger partial charge in [-0.15, -0.1) is 0 Å². The van der Waals surface area contributed by atoms with Crippen LogP contribution in [-0.4, -0.2) is 56.4 Å². The minimum Gasteiger partial charge on any atom is -0.456 e. The summed E-state index contributed by atoms with van der Waals surface area (Å²) in [5.41, 5.74) is -1.36. The van der Waals surface area contributed by atoms with E-state index in [2.05, 4.69) is 33.9 Å². The molecule has 1 heterocycles. The van der Waals surface area contributed by atoms with Gasteiger partial charge in [-0.25, -0.2) is 9.59 Å². The third-order valence-corrected chi connectivity index (χ3v) is 6.27. The topological polar surface area (TPSA) is 65.1 Å². The first kappa shape index (κ1) is 24.4. The average molecular weight is 436 g/mol. The zero-order valence-electron chi connectivity index (χ0n) is 19.7. The Morgan fingerprint density at radius 1 is 1.10 bits per heavy atom. The van der Waals surface area contributed by atoms with Gasteiger partial charge in [0, 0.05) is 13.0 Å². The van der Waals surface area contributed by atoms with Crippen LogP contribution < -0.4 is 0 Å². The first-order chi connectivity index (χ1) is 13.8. The Bertz CT molecular complexity index is 738. The fourth-order valence-corrected chi connectivity index (χ4v) is 4.51. The number of likely N-dealkylation sites (tertiary alicyclic amines) is 1. The van der Waals surface area contributed by atoms with Crippen LogP contribution in [0.1, 0.15) is 58.3 Å². The Morgan fingerprint density at radius 2 is 1.70 bits per heavy atom. The number of carbonyl (C=O) groups is 2. The molecule has 1 aromatic carbocycles. The summed E-state index contributed by atoms with van der Waals surface area (Å²) in [5, 5.41) is 0. The monoisotopic (exact) mass is 435 g/mol. The third kappa shape index (κ3) is 5.43. The summed E-state index contributed by atoms with van der Waals surface area (Å²) in [5.74, 6) is -0.387. The largest absolute Gasteiger partial charge is 0.456 e. The molecule has 0 N–H and O–H groups in total. The van der Waals surface area contributed by atoms with Gasteiger partial charge in [-0.3, -0.25) is 4.90 Å². The van der Waals surface area contributed by atoms with Crippen LogP contribution in [0.4, 0.5) is 4.79 Å². The molecular formula is C23H37NO5Si. The SMILES string of the molecule is C[SiH](C)OC[C@]1(C(C)(C)C)[C@@H](OC(=O)c2ccccc2)CCN1C(=O)OC(C)(C)C. The molecule has 1 fully saturated rings. The lowest BCUT2D eigenvalue weighted by Gasteiger charge is -2.50. The Hall–Kier alpha value is -1.86. The van der Waals surface area contributed by atoms with E-state index in [-0.39, 0.29) is 5.97 Å². The van der Waals surface area contributed by atoms with Gasteiger partial charge in [-0.1, -0.05) is 39.0 Å². The van der Waals surface area contributed by atoms with E-state index < -0.39 is 37.8 Å². The maximum absolute atomic E-state index is 13.2. The molecule has 0 radical (unpaired) electrons. The summed E-state index contributed by atoms with van der Waals surface area (Å²) in [4.78, 5) is 27.8. The highest BCUT2D eigenvalue weighted by Crippen LogP contribution is 2.46. The second-order valence-corrected chi connectivity index (χ2v) is 12.6. The number of hydrogen-bond acceptors (Lipinski definition) is 5. The molecule has 1 amide bonds. The number of ether oxygens (including phenoxy) is 2. The van der Waals surface area contributed by atoms with Crippen LogP contribution in [0.3, 0.4) is 0 Å². The van der Waals surface area contributed by atoms with Crippen molar-refractivity contribution in [1.29, 1.82) is 0 Å². The van der Waals surface area contributed by atoms with Crippen molar-refractivity contribution in [2.45, 2.75) is 78.3 Å². The number of rotatable bonds is 5. The van der Waals surface area contributed by atoms with Gasteiger partial charge < -0.3 is 13.9 Å². The van der Waals surface area contributed by atoms with Crippen molar-refractivity contribution < 1.29 is 23.5 Å². The Kier molecular flexibility index (Phi) is 7.40. The number of benzene rings is 1. The van der Waals surface area contributed by atoms with Crippen molar-refractivity contribution in [1.82, 2.24) is 4.90 Å². The highest BCUT2D eigenvalue weighted by Gasteiger charge is 2.60. The van der Waals surface area contributed by atoms with E-state index in [0.29, 0.717) is 25.1 Å². The van der Waals surface area contributed by atoms with Crippen LogP contribution in [0.5, 0.6) is 0 Å². The maximum atomic E-state index is 13.2. The first-order valence-corrected chi connectivity index (χ1v) is 13.4. The van der Waals surface area contributed by atoms with Crippen molar-refractivity contribution in [2.24, 2.45) is 5.41 Å². The van der Waals surface area contributed by atoms with Gasteiger partial charge >= 0.3 is 12.1 Å². The Balaban J connectivity index is 2.43. The quantitative estimate of drug-likeness (QED) is 0.498. The number of amides is 1. The molecular weight excluding hydrogens is 398 g/mol. The summed E-state index contributed by atoms with van der Waals surface area (Å²) in [6.07, 6.45) is -0.354. The Morgan fingerprint density at radius 3 is 2.20 bits per heavy atom. The van der Waals surface area contributed by atoms with E-state index >= 15 is 0 Å². The molecule has 0 aromatic heterocycles. The second-order valence-electron chi connectivity index (χ2n) is 10.2. The van der Waals surface area contributed by atoms with Gasteiger partial charge in [0.05, 0.1) is 12.2 Å². The van der Waals surface area contributed by atoms with Crippen LogP contribution in [0.15, 0.2) is 30.3 Å². The molecule has 1 aliphatic rings. The minimum atomic E-state index is -1.39. The van der Waals surface area contributed by atoms with Gasteiger partial charge in [-0.05, 0) is 51.4 Å². The van der Waals surface area contributed by atoms with Crippen LogP contribution in [-0.2, 0) is 13.9 Å². The molecule has 7 heteroatoms.